The van der Waals surface area contributed by atoms with Gasteiger partial charge in [0.05, 0.1) is 32.4 Å². The van der Waals surface area contributed by atoms with Gasteiger partial charge in [0.15, 0.2) is 0 Å². The monoisotopic (exact) mass is 614 g/mol. The SMILES string of the molecule is CC(NC(=O)[C@@H]1C[C@]2(COCCN)C[C@@H]2N1C(=O)CNC(=O)CCCOc1ccccc1)c1cc(C(=N)NC(=O)O)cs1. The van der Waals surface area contributed by atoms with Gasteiger partial charge < -0.3 is 35.8 Å². The average Bonchev–Trinajstić information content (AvgIpc) is 3.31. The van der Waals surface area contributed by atoms with Gasteiger partial charge in [-0.1, -0.05) is 18.2 Å². The molecule has 4 atom stereocenters. The molecule has 14 heteroatoms. The third-order valence-corrected chi connectivity index (χ3v) is 8.70. The van der Waals surface area contributed by atoms with E-state index in [4.69, 9.17) is 25.7 Å². The highest BCUT2D eigenvalue weighted by atomic mass is 32.1. The van der Waals surface area contributed by atoms with E-state index in [9.17, 15) is 19.2 Å². The van der Waals surface area contributed by atoms with Gasteiger partial charge in [-0.3, -0.25) is 25.1 Å². The average molecular weight is 615 g/mol. The maximum Gasteiger partial charge on any atom is 0.410 e. The summed E-state index contributed by atoms with van der Waals surface area (Å²) in [5.74, 6) is -0.473. The normalized spacial score (nSPS) is 20.9. The third kappa shape index (κ3) is 8.30. The second kappa shape index (κ2) is 14.4. The number of fused-ring (bicyclic) bond motifs is 1. The predicted octanol–water partition coefficient (Wildman–Crippen LogP) is 1.83. The number of likely N-dealkylation sites (tertiary alicyclic amines) is 1. The number of nitrogens with zero attached hydrogens (tertiary/aromatic N) is 1. The molecular weight excluding hydrogens is 576 g/mol. The van der Waals surface area contributed by atoms with Gasteiger partial charge in [0.25, 0.3) is 0 Å². The topological polar surface area (TPSA) is 196 Å². The summed E-state index contributed by atoms with van der Waals surface area (Å²) < 4.78 is 11.3. The molecule has 13 nitrogen and oxygen atoms in total. The van der Waals surface area contributed by atoms with E-state index in [1.54, 1.807) is 23.3 Å². The van der Waals surface area contributed by atoms with Gasteiger partial charge in [0, 0.05) is 40.2 Å². The van der Waals surface area contributed by atoms with E-state index < -0.39 is 18.2 Å². The van der Waals surface area contributed by atoms with Crippen LogP contribution >= 0.6 is 11.3 Å². The predicted molar refractivity (Wildman–Crippen MR) is 159 cm³/mol. The molecule has 0 radical (unpaired) electrons. The standard InChI is InChI=1S/C29H38N6O7S/c1-18(22-12-19(16-43-22)26(31)34-28(39)40)33-27(38)21-13-29(17-41-11-9-30)14-23(29)35(21)25(37)15-32-24(36)8-5-10-42-20-6-3-2-4-7-20/h2-4,6-7,12,16,18,21,23H,5,8-11,13-15,17,30H2,1H3,(H2,31,34)(H,32,36)(H,33,38)(H,39,40)/t18?,21-,23-,29+/m0/s1. The van der Waals surface area contributed by atoms with E-state index in [2.05, 4.69) is 10.6 Å². The lowest BCUT2D eigenvalue weighted by molar-refractivity contribution is -0.140. The minimum Gasteiger partial charge on any atom is -0.494 e. The molecule has 2 aliphatic rings. The third-order valence-electron chi connectivity index (χ3n) is 7.58. The number of carbonyl (C=O) groups excluding carboxylic acids is 3. The fourth-order valence-corrected chi connectivity index (χ4v) is 6.25. The minimum absolute atomic E-state index is 0.170. The van der Waals surface area contributed by atoms with E-state index in [0.717, 1.165) is 10.6 Å². The first-order valence-electron chi connectivity index (χ1n) is 14.1. The van der Waals surface area contributed by atoms with E-state index >= 15 is 0 Å². The lowest BCUT2D eigenvalue weighted by atomic mass is 10.00. The van der Waals surface area contributed by atoms with Crippen molar-refractivity contribution in [3.63, 3.8) is 0 Å². The lowest BCUT2D eigenvalue weighted by Crippen LogP contribution is -2.51. The summed E-state index contributed by atoms with van der Waals surface area (Å²) >= 11 is 1.29. The summed E-state index contributed by atoms with van der Waals surface area (Å²) in [7, 11) is 0. The highest BCUT2D eigenvalue weighted by Crippen LogP contribution is 2.59. The number of ether oxygens (including phenoxy) is 2. The maximum absolute atomic E-state index is 13.5. The first-order chi connectivity index (χ1) is 20.6. The van der Waals surface area contributed by atoms with Crippen LogP contribution in [-0.2, 0) is 19.1 Å². The zero-order valence-electron chi connectivity index (χ0n) is 24.0. The molecule has 2 fully saturated rings. The van der Waals surface area contributed by atoms with Crippen LogP contribution in [0.15, 0.2) is 41.8 Å². The van der Waals surface area contributed by atoms with Crippen molar-refractivity contribution in [1.82, 2.24) is 20.9 Å². The molecule has 0 spiro atoms. The Balaban J connectivity index is 1.33. The Labute approximate surface area is 253 Å². The molecule has 1 aromatic heterocycles. The highest BCUT2D eigenvalue weighted by molar-refractivity contribution is 7.10. The summed E-state index contributed by atoms with van der Waals surface area (Å²) in [6.45, 7) is 3.07. The molecule has 4 amide bonds. The Kier molecular flexibility index (Phi) is 10.7. The van der Waals surface area contributed by atoms with Crippen LogP contribution in [0.3, 0.4) is 0 Å². The molecule has 1 unspecified atom stereocenters. The number of piperidine rings is 1. The summed E-state index contributed by atoms with van der Waals surface area (Å²) in [5, 5.41) is 26.0. The number of carboxylic acid groups (broad SMARTS) is 1. The van der Waals surface area contributed by atoms with Gasteiger partial charge in [0.1, 0.15) is 17.6 Å². The molecule has 1 aromatic carbocycles. The van der Waals surface area contributed by atoms with Crippen molar-refractivity contribution in [1.29, 1.82) is 5.41 Å². The molecule has 1 saturated heterocycles. The van der Waals surface area contributed by atoms with Crippen molar-refractivity contribution in [2.75, 3.05) is 32.9 Å². The Bertz CT molecular complexity index is 1320. The number of nitrogens with one attached hydrogen (secondary N) is 4. The molecule has 1 aliphatic heterocycles. The fourth-order valence-electron chi connectivity index (χ4n) is 5.34. The first kappa shape index (κ1) is 31.9. The summed E-state index contributed by atoms with van der Waals surface area (Å²) in [4.78, 5) is 52.5. The van der Waals surface area contributed by atoms with Crippen LogP contribution in [0, 0.1) is 10.8 Å². The zero-order chi connectivity index (χ0) is 31.0. The molecule has 2 heterocycles. The summed E-state index contributed by atoms with van der Waals surface area (Å²) in [5.41, 5.74) is 5.63. The number of amides is 4. The molecule has 4 rings (SSSR count). The van der Waals surface area contributed by atoms with Crippen LogP contribution in [0.25, 0.3) is 0 Å². The fraction of sp³-hybridized carbons (Fsp3) is 0.483. The Morgan fingerprint density at radius 2 is 1.98 bits per heavy atom. The van der Waals surface area contributed by atoms with Crippen LogP contribution < -0.4 is 26.4 Å². The molecule has 7 N–H and O–H groups in total. The number of amidine groups is 1. The molecule has 2 aromatic rings. The van der Waals surface area contributed by atoms with Crippen molar-refractivity contribution in [3.05, 3.63) is 52.2 Å². The zero-order valence-corrected chi connectivity index (χ0v) is 24.8. The molecular formula is C29H38N6O7S. The Morgan fingerprint density at radius 1 is 1.21 bits per heavy atom. The van der Waals surface area contributed by atoms with Crippen molar-refractivity contribution < 1.29 is 33.8 Å². The van der Waals surface area contributed by atoms with Crippen molar-refractivity contribution in [2.45, 2.75) is 50.7 Å². The van der Waals surface area contributed by atoms with Gasteiger partial charge in [-0.05, 0) is 44.4 Å². The maximum atomic E-state index is 13.5. The number of rotatable bonds is 15. The van der Waals surface area contributed by atoms with Gasteiger partial charge in [-0.2, -0.15) is 0 Å². The molecule has 0 bridgehead atoms. The lowest BCUT2D eigenvalue weighted by Gasteiger charge is -2.28. The number of thiophene rings is 1. The van der Waals surface area contributed by atoms with E-state index in [-0.39, 0.29) is 48.0 Å². The molecule has 232 valence electrons. The number of hydrogen-bond acceptors (Lipinski definition) is 9. The van der Waals surface area contributed by atoms with E-state index in [0.29, 0.717) is 51.2 Å². The minimum atomic E-state index is -1.33. The van der Waals surface area contributed by atoms with E-state index in [1.807, 2.05) is 35.6 Å². The quantitative estimate of drug-likeness (QED) is 0.0992. The van der Waals surface area contributed by atoms with Crippen LogP contribution in [0.2, 0.25) is 0 Å². The largest absolute Gasteiger partial charge is 0.494 e. The molecule has 1 aliphatic carbocycles. The highest BCUT2D eigenvalue weighted by Gasteiger charge is 2.67. The number of nitrogens with two attached hydrogens (primary N) is 1. The Morgan fingerprint density at radius 3 is 2.70 bits per heavy atom. The number of para-hydroxylation sites is 1. The first-order valence-corrected chi connectivity index (χ1v) is 15.0. The number of hydrogen-bond donors (Lipinski definition) is 6. The van der Waals surface area contributed by atoms with Crippen LogP contribution in [0.1, 0.15) is 49.1 Å². The van der Waals surface area contributed by atoms with Gasteiger partial charge in [-0.15, -0.1) is 11.3 Å². The van der Waals surface area contributed by atoms with Crippen LogP contribution in [0.4, 0.5) is 4.79 Å². The second-order valence-corrected chi connectivity index (χ2v) is 11.7. The van der Waals surface area contributed by atoms with Gasteiger partial charge >= 0.3 is 6.09 Å². The van der Waals surface area contributed by atoms with Gasteiger partial charge in [-0.25, -0.2) is 4.79 Å². The Hall–Kier alpha value is -4.01. The van der Waals surface area contributed by atoms with Crippen molar-refractivity contribution in [2.24, 2.45) is 11.1 Å². The second-order valence-electron chi connectivity index (χ2n) is 10.8. The summed E-state index contributed by atoms with van der Waals surface area (Å²) in [6, 6.07) is 9.59. The van der Waals surface area contributed by atoms with Crippen LogP contribution in [0.5, 0.6) is 5.75 Å². The van der Waals surface area contributed by atoms with E-state index in [1.165, 1.54) is 11.3 Å². The molecule has 1 saturated carbocycles. The van der Waals surface area contributed by atoms with Crippen molar-refractivity contribution in [3.8, 4) is 5.75 Å². The summed E-state index contributed by atoms with van der Waals surface area (Å²) in [6.07, 6.45) is 0.494. The smallest absolute Gasteiger partial charge is 0.410 e. The molecule has 43 heavy (non-hydrogen) atoms. The number of benzene rings is 1. The van der Waals surface area contributed by atoms with Crippen molar-refractivity contribution >= 4 is 41.0 Å². The van der Waals surface area contributed by atoms with Gasteiger partial charge in [0.2, 0.25) is 17.7 Å². The van der Waals surface area contributed by atoms with Crippen LogP contribution in [-0.4, -0.2) is 84.7 Å². The number of carbonyl (C=O) groups is 4.